The van der Waals surface area contributed by atoms with Gasteiger partial charge in [0.15, 0.2) is 0 Å². The first-order valence-electron chi connectivity index (χ1n) is 11.3. The summed E-state index contributed by atoms with van der Waals surface area (Å²) in [7, 11) is 0. The van der Waals surface area contributed by atoms with Gasteiger partial charge < -0.3 is 24.8 Å². The van der Waals surface area contributed by atoms with Crippen molar-refractivity contribution in [2.75, 3.05) is 18.5 Å². The molecule has 4 rings (SSSR count). The van der Waals surface area contributed by atoms with Gasteiger partial charge in [0.25, 0.3) is 0 Å². The molecule has 1 aliphatic rings. The molecule has 2 N–H and O–H groups in total. The molecule has 1 saturated heterocycles. The molecule has 2 amide bonds. The van der Waals surface area contributed by atoms with Crippen molar-refractivity contribution in [2.24, 2.45) is 0 Å². The second-order valence-electron chi connectivity index (χ2n) is 7.99. The maximum absolute atomic E-state index is 13.0. The zero-order chi connectivity index (χ0) is 23.6. The molecule has 0 aliphatic carbocycles. The van der Waals surface area contributed by atoms with Gasteiger partial charge in [0.2, 0.25) is 11.8 Å². The fourth-order valence-corrected chi connectivity index (χ4v) is 3.56. The van der Waals surface area contributed by atoms with Gasteiger partial charge in [-0.05, 0) is 54.8 Å². The van der Waals surface area contributed by atoms with E-state index in [9.17, 15) is 9.59 Å². The molecule has 0 radical (unpaired) electrons. The molecule has 3 aromatic rings. The third-order valence-electron chi connectivity index (χ3n) is 5.35. The monoisotopic (exact) mass is 460 g/mol. The van der Waals surface area contributed by atoms with E-state index in [4.69, 9.17) is 14.2 Å². The highest BCUT2D eigenvalue weighted by Crippen LogP contribution is 2.22. The van der Waals surface area contributed by atoms with Crippen molar-refractivity contribution in [3.63, 3.8) is 0 Å². The Kier molecular flexibility index (Phi) is 8.27. The van der Waals surface area contributed by atoms with E-state index >= 15 is 0 Å². The van der Waals surface area contributed by atoms with Gasteiger partial charge >= 0.3 is 0 Å². The van der Waals surface area contributed by atoms with Gasteiger partial charge in [0.05, 0.1) is 13.2 Å². The Morgan fingerprint density at radius 1 is 0.912 bits per heavy atom. The van der Waals surface area contributed by atoms with Crippen LogP contribution in [-0.2, 0) is 25.7 Å². The lowest BCUT2D eigenvalue weighted by atomic mass is 10.2. The van der Waals surface area contributed by atoms with E-state index in [1.807, 2.05) is 60.7 Å². The molecule has 1 unspecified atom stereocenters. The second-order valence-corrected chi connectivity index (χ2v) is 7.99. The second kappa shape index (κ2) is 12.0. The molecule has 1 aliphatic heterocycles. The van der Waals surface area contributed by atoms with Gasteiger partial charge in [-0.1, -0.05) is 48.5 Å². The van der Waals surface area contributed by atoms with Gasteiger partial charge in [0, 0.05) is 12.3 Å². The molecule has 0 spiro atoms. The molecule has 0 bridgehead atoms. The quantitative estimate of drug-likeness (QED) is 0.471. The van der Waals surface area contributed by atoms with Crippen molar-refractivity contribution in [2.45, 2.75) is 31.6 Å². The number of ether oxygens (including phenoxy) is 3. The predicted molar refractivity (Wildman–Crippen MR) is 129 cm³/mol. The average Bonchev–Trinajstić information content (AvgIpc) is 3.41. The Hall–Kier alpha value is -3.68. The molecule has 34 heavy (non-hydrogen) atoms. The van der Waals surface area contributed by atoms with Crippen LogP contribution in [-0.4, -0.2) is 37.2 Å². The summed E-state index contributed by atoms with van der Waals surface area (Å²) in [5.74, 6) is 0.717. The maximum atomic E-state index is 13.0. The number of nitrogens with one attached hydrogen (secondary N) is 2. The normalized spacial score (nSPS) is 15.9. The van der Waals surface area contributed by atoms with Crippen LogP contribution in [0.2, 0.25) is 0 Å². The number of hydrogen-bond donors (Lipinski definition) is 2. The molecule has 7 heteroatoms. The van der Waals surface area contributed by atoms with Gasteiger partial charge in [-0.15, -0.1) is 0 Å². The van der Waals surface area contributed by atoms with Crippen LogP contribution in [0, 0.1) is 0 Å². The fourth-order valence-electron chi connectivity index (χ4n) is 3.56. The van der Waals surface area contributed by atoms with Gasteiger partial charge in [-0.25, -0.2) is 0 Å². The van der Waals surface area contributed by atoms with Crippen LogP contribution in [0.1, 0.15) is 18.4 Å². The number of carbonyl (C=O) groups excluding carboxylic acids is 2. The zero-order valence-electron chi connectivity index (χ0n) is 18.8. The number of benzene rings is 3. The number of carbonyl (C=O) groups is 2. The summed E-state index contributed by atoms with van der Waals surface area (Å²) < 4.78 is 17.0. The minimum absolute atomic E-state index is 0.0361. The minimum Gasteiger partial charge on any atom is -0.457 e. The molecule has 2 atom stereocenters. The number of hydrogen-bond acceptors (Lipinski definition) is 5. The topological polar surface area (TPSA) is 85.9 Å². The lowest BCUT2D eigenvalue weighted by molar-refractivity contribution is -0.134. The predicted octanol–water partition coefficient (Wildman–Crippen LogP) is 4.30. The van der Waals surface area contributed by atoms with E-state index in [0.29, 0.717) is 31.1 Å². The van der Waals surface area contributed by atoms with Crippen molar-refractivity contribution < 1.29 is 23.8 Å². The fraction of sp³-hybridized carbons (Fsp3) is 0.259. The van der Waals surface area contributed by atoms with Crippen molar-refractivity contribution in [1.82, 2.24) is 5.32 Å². The summed E-state index contributed by atoms with van der Waals surface area (Å²) in [6.07, 6.45) is 0.948. The SMILES string of the molecule is O=C(Nc1ccc(Oc2ccccc2)cc1)C(COCc1ccccc1)NC(=O)[C@H]1CCCO1. The lowest BCUT2D eigenvalue weighted by Crippen LogP contribution is -2.49. The Labute approximate surface area is 199 Å². The van der Waals surface area contributed by atoms with Gasteiger partial charge in [0.1, 0.15) is 23.6 Å². The summed E-state index contributed by atoms with van der Waals surface area (Å²) >= 11 is 0. The standard InChI is InChI=1S/C27H28N2O5/c30-26(28-21-13-15-23(16-14-21)34-22-10-5-2-6-11-22)24(29-27(31)25-12-7-17-33-25)19-32-18-20-8-3-1-4-9-20/h1-6,8-11,13-16,24-25H,7,12,17-19H2,(H,28,30)(H,29,31)/t24?,25-/m1/s1. The number of para-hydroxylation sites is 1. The van der Waals surface area contributed by atoms with Gasteiger partial charge in [-0.3, -0.25) is 9.59 Å². The summed E-state index contributed by atoms with van der Waals surface area (Å²) in [5, 5.41) is 5.63. The van der Waals surface area contributed by atoms with E-state index in [2.05, 4.69) is 10.6 Å². The van der Waals surface area contributed by atoms with E-state index in [0.717, 1.165) is 17.7 Å². The molecule has 3 aromatic carbocycles. The zero-order valence-corrected chi connectivity index (χ0v) is 18.8. The largest absolute Gasteiger partial charge is 0.457 e. The lowest BCUT2D eigenvalue weighted by Gasteiger charge is -2.20. The highest BCUT2D eigenvalue weighted by molar-refractivity contribution is 5.97. The molecule has 1 fully saturated rings. The van der Waals surface area contributed by atoms with E-state index in [-0.39, 0.29) is 18.4 Å². The van der Waals surface area contributed by atoms with Crippen molar-refractivity contribution in [1.29, 1.82) is 0 Å². The Morgan fingerprint density at radius 3 is 2.26 bits per heavy atom. The highest BCUT2D eigenvalue weighted by atomic mass is 16.5. The van der Waals surface area contributed by atoms with Gasteiger partial charge in [-0.2, -0.15) is 0 Å². The summed E-state index contributed by atoms with van der Waals surface area (Å²) in [6.45, 7) is 0.928. The first kappa shape index (κ1) is 23.5. The third-order valence-corrected chi connectivity index (χ3v) is 5.35. The van der Waals surface area contributed by atoms with Crippen LogP contribution in [0.25, 0.3) is 0 Å². The number of anilines is 1. The molecule has 1 heterocycles. The molecule has 0 saturated carbocycles. The van der Waals surface area contributed by atoms with Crippen molar-refractivity contribution in [3.8, 4) is 11.5 Å². The Morgan fingerprint density at radius 2 is 1.59 bits per heavy atom. The average molecular weight is 461 g/mol. The van der Waals surface area contributed by atoms with E-state index < -0.39 is 12.1 Å². The van der Waals surface area contributed by atoms with Crippen LogP contribution in [0.3, 0.4) is 0 Å². The molecule has 176 valence electrons. The number of amides is 2. The van der Waals surface area contributed by atoms with Crippen LogP contribution < -0.4 is 15.4 Å². The van der Waals surface area contributed by atoms with Crippen molar-refractivity contribution in [3.05, 3.63) is 90.5 Å². The Bertz CT molecular complexity index is 1050. The van der Waals surface area contributed by atoms with E-state index in [1.54, 1.807) is 24.3 Å². The summed E-state index contributed by atoms with van der Waals surface area (Å²) in [6, 6.07) is 25.3. The molecule has 7 nitrogen and oxygen atoms in total. The minimum atomic E-state index is -0.861. The molecular formula is C27H28N2O5. The summed E-state index contributed by atoms with van der Waals surface area (Å²) in [5.41, 5.74) is 1.57. The first-order chi connectivity index (χ1) is 16.7. The van der Waals surface area contributed by atoms with E-state index in [1.165, 1.54) is 0 Å². The number of rotatable bonds is 10. The van der Waals surface area contributed by atoms with Crippen LogP contribution >= 0.6 is 0 Å². The first-order valence-corrected chi connectivity index (χ1v) is 11.3. The third kappa shape index (κ3) is 6.91. The summed E-state index contributed by atoms with van der Waals surface area (Å²) in [4.78, 5) is 25.6. The van der Waals surface area contributed by atoms with Crippen LogP contribution in [0.15, 0.2) is 84.9 Å². The molecular weight excluding hydrogens is 432 g/mol. The van der Waals surface area contributed by atoms with Crippen LogP contribution in [0.5, 0.6) is 11.5 Å². The van der Waals surface area contributed by atoms with Crippen molar-refractivity contribution >= 4 is 17.5 Å². The smallest absolute Gasteiger partial charge is 0.249 e. The molecule has 0 aromatic heterocycles. The maximum Gasteiger partial charge on any atom is 0.249 e. The Balaban J connectivity index is 1.36. The highest BCUT2D eigenvalue weighted by Gasteiger charge is 2.28. The van der Waals surface area contributed by atoms with Crippen LogP contribution in [0.4, 0.5) is 5.69 Å².